The molecule has 0 spiro atoms. The zero-order valence-corrected chi connectivity index (χ0v) is 39.6. The van der Waals surface area contributed by atoms with Gasteiger partial charge in [-0.3, -0.25) is 38.4 Å². The number of esters is 9. The molecule has 2 heterocycles. The van der Waals surface area contributed by atoms with Crippen molar-refractivity contribution >= 4 is 93.5 Å². The van der Waals surface area contributed by atoms with Crippen LogP contribution in [0.2, 0.25) is 0 Å². The minimum Gasteiger partial charge on any atom is -0.480 e. The quantitative estimate of drug-likeness (QED) is 0.0526. The fourth-order valence-corrected chi connectivity index (χ4v) is 8.30. The van der Waals surface area contributed by atoms with E-state index in [2.05, 4.69) is 10.6 Å². The summed E-state index contributed by atoms with van der Waals surface area (Å²) in [5, 5.41) is 14.2. The third-order valence-corrected chi connectivity index (χ3v) is 10.7. The Morgan fingerprint density at radius 3 is 1.09 bits per heavy atom. The number of ether oxygens (including phenoxy) is 13. The highest BCUT2D eigenvalue weighted by Crippen LogP contribution is 2.32. The van der Waals surface area contributed by atoms with Gasteiger partial charge in [-0.25, -0.2) is 19.2 Å². The molecule has 0 bridgehead atoms. The molecule has 68 heavy (non-hydrogen) atoms. The maximum atomic E-state index is 13.1. The minimum atomic E-state index is -1.77. The molecular formula is C38H52N2O26S2. The van der Waals surface area contributed by atoms with Crippen LogP contribution >= 0.6 is 21.6 Å². The molecule has 0 aromatic rings. The van der Waals surface area contributed by atoms with Crippen LogP contribution in [0.1, 0.15) is 62.3 Å². The molecule has 2 amide bonds. The molecule has 30 heteroatoms. The third-order valence-electron chi connectivity index (χ3n) is 8.32. The Morgan fingerprint density at radius 1 is 0.456 bits per heavy atom. The summed E-state index contributed by atoms with van der Waals surface area (Å²) in [7, 11) is 1.65. The molecule has 12 unspecified atom stereocenters. The number of carboxylic acids is 1. The van der Waals surface area contributed by atoms with Crippen molar-refractivity contribution in [3.05, 3.63) is 0 Å². The number of hydrogen-bond donors (Lipinski definition) is 3. The molecule has 3 N–H and O–H groups in total. The van der Waals surface area contributed by atoms with E-state index in [-0.39, 0.29) is 12.4 Å². The summed E-state index contributed by atoms with van der Waals surface area (Å²) in [6.45, 7) is 7.58. The summed E-state index contributed by atoms with van der Waals surface area (Å²) in [5.74, 6) is -10.7. The second-order valence-electron chi connectivity index (χ2n) is 14.0. The predicted molar refractivity (Wildman–Crippen MR) is 220 cm³/mol. The van der Waals surface area contributed by atoms with Crippen LogP contribution < -0.4 is 10.6 Å². The van der Waals surface area contributed by atoms with Gasteiger partial charge in [-0.1, -0.05) is 21.6 Å². The molecule has 12 atom stereocenters. The highest BCUT2D eigenvalue weighted by atomic mass is 33.1. The van der Waals surface area contributed by atoms with Gasteiger partial charge in [0, 0.05) is 66.9 Å². The van der Waals surface area contributed by atoms with E-state index in [0.29, 0.717) is 0 Å². The SMILES string of the molecule is CCOC(=O)C(CSSCC(NC(=O)OCC1OC(OC(C)=O)C(OC(C)=O)C(OC(C)=O)C1OC(C)=O)C(=O)O)NC(=O)OCC1OC(OC(C)=O)C(OC(C)=O)C(OC(C)=O)C1OC(C)=O. The van der Waals surface area contributed by atoms with E-state index in [1.54, 1.807) is 0 Å². The second-order valence-corrected chi connectivity index (χ2v) is 16.6. The maximum absolute atomic E-state index is 13.1. The van der Waals surface area contributed by atoms with Gasteiger partial charge in [0.25, 0.3) is 0 Å². The zero-order chi connectivity index (χ0) is 51.4. The average Bonchev–Trinajstić information content (AvgIpc) is 3.20. The summed E-state index contributed by atoms with van der Waals surface area (Å²) in [6.07, 6.45) is -19.1. The van der Waals surface area contributed by atoms with Crippen molar-refractivity contribution in [2.75, 3.05) is 31.3 Å². The number of hydrogen-bond acceptors (Lipinski definition) is 27. The predicted octanol–water partition coefficient (Wildman–Crippen LogP) is -0.629. The number of carbonyl (C=O) groups excluding carboxylic acids is 11. The smallest absolute Gasteiger partial charge is 0.407 e. The minimum absolute atomic E-state index is 0.134. The van der Waals surface area contributed by atoms with E-state index >= 15 is 0 Å². The van der Waals surface area contributed by atoms with Crippen molar-refractivity contribution in [2.45, 2.75) is 136 Å². The molecule has 0 radical (unpaired) electrons. The van der Waals surface area contributed by atoms with Gasteiger partial charge in [0.1, 0.15) is 37.5 Å². The van der Waals surface area contributed by atoms with Gasteiger partial charge in [-0.15, -0.1) is 0 Å². The summed E-state index contributed by atoms with van der Waals surface area (Å²) in [4.78, 5) is 147. The van der Waals surface area contributed by atoms with Crippen molar-refractivity contribution in [1.29, 1.82) is 0 Å². The molecule has 0 aromatic heterocycles. The van der Waals surface area contributed by atoms with Gasteiger partial charge < -0.3 is 77.3 Å². The van der Waals surface area contributed by atoms with Gasteiger partial charge in [-0.05, 0) is 6.92 Å². The second kappa shape index (κ2) is 28.3. The van der Waals surface area contributed by atoms with Gasteiger partial charge >= 0.3 is 71.9 Å². The van der Waals surface area contributed by atoms with E-state index in [1.165, 1.54) is 6.92 Å². The van der Waals surface area contributed by atoms with Crippen molar-refractivity contribution in [2.24, 2.45) is 0 Å². The standard InChI is InChI=1S/C38H52N2O26S2/c1-10-54-34(51)24(40-38(53)56-12-26-28(58-16(3)42)30(60-18(5)44)32(62-20(7)46)36(66-26)64-22(9)48)14-68-67-13-23(33(49)50)39-37(52)55-11-25-27(57-15(2)41)29(59-17(4)43)31(61-19(6)45)35(65-25)63-21(8)47/h23-32,35-36H,10-14H2,1-9H3,(H,39,52)(H,40,53)(H,49,50). The summed E-state index contributed by atoms with van der Waals surface area (Å²) >= 11 is 0. The molecule has 2 aliphatic rings. The first kappa shape index (κ1) is 58.0. The van der Waals surface area contributed by atoms with Gasteiger partial charge in [0.05, 0.1) is 6.61 Å². The van der Waals surface area contributed by atoms with Crippen LogP contribution in [-0.4, -0.2) is 182 Å². The van der Waals surface area contributed by atoms with Crippen LogP contribution in [0.4, 0.5) is 9.59 Å². The Morgan fingerprint density at radius 2 is 0.765 bits per heavy atom. The Kier molecular flexibility index (Phi) is 24.1. The largest absolute Gasteiger partial charge is 0.480 e. The topological polar surface area (TPSA) is 369 Å². The van der Waals surface area contributed by atoms with Crippen LogP contribution in [0.5, 0.6) is 0 Å². The fraction of sp³-hybridized carbons (Fsp3) is 0.684. The zero-order valence-electron chi connectivity index (χ0n) is 37.9. The van der Waals surface area contributed by atoms with E-state index in [4.69, 9.17) is 61.6 Å². The van der Waals surface area contributed by atoms with E-state index in [9.17, 15) is 62.6 Å². The monoisotopic (exact) mass is 1020 g/mol. The van der Waals surface area contributed by atoms with E-state index < -0.39 is 164 Å². The number of rotatable bonds is 22. The van der Waals surface area contributed by atoms with Gasteiger partial charge in [0.2, 0.25) is 24.8 Å². The number of amides is 2. The molecule has 382 valence electrons. The Labute approximate surface area is 394 Å². The number of carbonyl (C=O) groups is 12. The third kappa shape index (κ3) is 20.0. The maximum Gasteiger partial charge on any atom is 0.407 e. The van der Waals surface area contributed by atoms with E-state index in [0.717, 1.165) is 77.0 Å². The molecule has 28 nitrogen and oxygen atoms in total. The van der Waals surface area contributed by atoms with E-state index in [1.807, 2.05) is 0 Å². The number of alkyl carbamates (subject to hydrolysis) is 2. The summed E-state index contributed by atoms with van der Waals surface area (Å²) < 4.78 is 68.4. The summed E-state index contributed by atoms with van der Waals surface area (Å²) in [5.41, 5.74) is 0. The molecule has 2 aliphatic heterocycles. The van der Waals surface area contributed by atoms with Crippen molar-refractivity contribution < 1.29 is 124 Å². The van der Waals surface area contributed by atoms with Crippen molar-refractivity contribution in [1.82, 2.24) is 10.6 Å². The number of nitrogens with one attached hydrogen (secondary N) is 2. The lowest BCUT2D eigenvalue weighted by Gasteiger charge is -2.43. The molecular weight excluding hydrogens is 965 g/mol. The first-order chi connectivity index (χ1) is 31.8. The lowest BCUT2D eigenvalue weighted by atomic mass is 9.98. The Balaban J connectivity index is 2.15. The molecule has 0 aromatic carbocycles. The highest BCUT2D eigenvalue weighted by Gasteiger charge is 2.55. The summed E-state index contributed by atoms with van der Waals surface area (Å²) in [6, 6.07) is -3.12. The Hall–Kier alpha value is -6.14. The van der Waals surface area contributed by atoms with Crippen LogP contribution in [0.3, 0.4) is 0 Å². The van der Waals surface area contributed by atoms with Crippen LogP contribution in [0.25, 0.3) is 0 Å². The van der Waals surface area contributed by atoms with Gasteiger partial charge in [-0.2, -0.15) is 0 Å². The van der Waals surface area contributed by atoms with Gasteiger partial charge in [0.15, 0.2) is 24.4 Å². The lowest BCUT2D eigenvalue weighted by Crippen LogP contribution is -2.63. The molecule has 2 rings (SSSR count). The van der Waals surface area contributed by atoms with Crippen LogP contribution in [0.15, 0.2) is 0 Å². The fourth-order valence-electron chi connectivity index (χ4n) is 6.00. The molecule has 2 saturated heterocycles. The highest BCUT2D eigenvalue weighted by molar-refractivity contribution is 8.76. The normalized spacial score (nSPS) is 24.9. The van der Waals surface area contributed by atoms with Crippen LogP contribution in [0, 0.1) is 0 Å². The number of aliphatic carboxylic acids is 1. The first-order valence-electron chi connectivity index (χ1n) is 20.0. The first-order valence-corrected chi connectivity index (χ1v) is 22.5. The average molecular weight is 1020 g/mol. The van der Waals surface area contributed by atoms with Crippen LogP contribution in [-0.2, 0) is 110 Å². The Bertz CT molecular complexity index is 1870. The van der Waals surface area contributed by atoms with Crippen molar-refractivity contribution in [3.63, 3.8) is 0 Å². The van der Waals surface area contributed by atoms with Crippen molar-refractivity contribution in [3.8, 4) is 0 Å². The molecule has 2 fully saturated rings. The molecule has 0 saturated carbocycles. The lowest BCUT2D eigenvalue weighted by molar-refractivity contribution is -0.299. The number of carboxylic acid groups (broad SMARTS) is 1. The molecule has 0 aliphatic carbocycles.